The van der Waals surface area contributed by atoms with Crippen LogP contribution in [0, 0.1) is 27.7 Å². The smallest absolute Gasteiger partial charge is 0.126 e. The Kier molecular flexibility index (Phi) is 10.5. The predicted octanol–water partition coefficient (Wildman–Crippen LogP) is 10.1. The normalized spacial score (nSPS) is 16.5. The number of rotatable bonds is 13. The summed E-state index contributed by atoms with van der Waals surface area (Å²) in [5, 5.41) is 4.51. The van der Waals surface area contributed by atoms with Gasteiger partial charge in [-0.05, 0) is 137 Å². The van der Waals surface area contributed by atoms with Crippen LogP contribution in [0.3, 0.4) is 0 Å². The fraction of sp³-hybridized carbons (Fsp3) is 0.415. The lowest BCUT2D eigenvalue weighted by Crippen LogP contribution is -2.37. The molecule has 0 saturated heterocycles. The molecule has 0 amide bonds. The van der Waals surface area contributed by atoms with Gasteiger partial charge in [0, 0.05) is 0 Å². The summed E-state index contributed by atoms with van der Waals surface area (Å²) in [6.45, 7) is 11.4. The summed E-state index contributed by atoms with van der Waals surface area (Å²) >= 11 is 0. The molecule has 1 atom stereocenters. The Bertz CT molecular complexity index is 1360. The summed E-state index contributed by atoms with van der Waals surface area (Å²) < 4.78 is 6.77. The first kappa shape index (κ1) is 31.5. The second kappa shape index (κ2) is 14.3. The Morgan fingerprint density at radius 3 is 1.51 bits per heavy atom. The van der Waals surface area contributed by atoms with E-state index in [0.717, 1.165) is 19.3 Å². The van der Waals surface area contributed by atoms with Crippen LogP contribution in [0.25, 0.3) is 0 Å². The molecule has 1 heterocycles. The molecule has 1 aliphatic heterocycles. The minimum Gasteiger partial charge on any atom is -0.487 e. The van der Waals surface area contributed by atoms with Gasteiger partial charge in [-0.2, -0.15) is 0 Å². The van der Waals surface area contributed by atoms with Gasteiger partial charge in [-0.1, -0.05) is 80.3 Å². The monoisotopic (exact) mass is 591 g/mol. The third-order valence-corrected chi connectivity index (χ3v) is 14.8. The standard InChI is InChI=1S/C41H52OP/c1-32-33(2)35(4)40-39(34(32)3)28-30-41(5,42-40)29-20-9-7-6-8-10-21-31-43(36-22-14-11-15-23-36,37-24-16-12-17-25-37)38-26-18-13-19-27-38/h11-19,22-27H,6-10,20-21,28-31H2,1-5H3/q+1. The van der Waals surface area contributed by atoms with Crippen molar-refractivity contribution in [1.29, 1.82) is 0 Å². The Balaban J connectivity index is 1.12. The number of fused-ring (bicyclic) bond motifs is 1. The maximum Gasteiger partial charge on any atom is 0.126 e. The van der Waals surface area contributed by atoms with E-state index in [1.165, 1.54) is 101 Å². The van der Waals surface area contributed by atoms with E-state index in [0.29, 0.717) is 0 Å². The Labute approximate surface area is 262 Å². The first-order chi connectivity index (χ1) is 20.9. The third kappa shape index (κ3) is 6.94. The summed E-state index contributed by atoms with van der Waals surface area (Å²) in [7, 11) is -1.69. The topological polar surface area (TPSA) is 9.23 Å². The van der Waals surface area contributed by atoms with Gasteiger partial charge >= 0.3 is 0 Å². The van der Waals surface area contributed by atoms with E-state index in [9.17, 15) is 0 Å². The highest BCUT2D eigenvalue weighted by Gasteiger charge is 2.44. The molecule has 0 aromatic heterocycles. The van der Waals surface area contributed by atoms with Gasteiger partial charge in [-0.15, -0.1) is 0 Å². The first-order valence-electron chi connectivity index (χ1n) is 16.7. The molecule has 4 aromatic rings. The van der Waals surface area contributed by atoms with E-state index in [1.807, 2.05) is 0 Å². The van der Waals surface area contributed by atoms with E-state index in [-0.39, 0.29) is 5.60 Å². The van der Waals surface area contributed by atoms with Crippen LogP contribution in [-0.4, -0.2) is 11.8 Å². The summed E-state index contributed by atoms with van der Waals surface area (Å²) in [6.07, 6.45) is 13.8. The van der Waals surface area contributed by atoms with Crippen LogP contribution in [0.2, 0.25) is 0 Å². The molecule has 43 heavy (non-hydrogen) atoms. The van der Waals surface area contributed by atoms with Crippen molar-refractivity contribution in [1.82, 2.24) is 0 Å². The highest BCUT2D eigenvalue weighted by molar-refractivity contribution is 7.95. The first-order valence-corrected chi connectivity index (χ1v) is 18.7. The quantitative estimate of drug-likeness (QED) is 0.111. The van der Waals surface area contributed by atoms with Crippen LogP contribution in [0.5, 0.6) is 5.75 Å². The summed E-state index contributed by atoms with van der Waals surface area (Å²) in [5.41, 5.74) is 7.06. The van der Waals surface area contributed by atoms with Crippen LogP contribution in [0.4, 0.5) is 0 Å². The summed E-state index contributed by atoms with van der Waals surface area (Å²) in [4.78, 5) is 0. The number of benzene rings is 4. The minimum absolute atomic E-state index is 0.0226. The molecule has 0 fully saturated rings. The summed E-state index contributed by atoms with van der Waals surface area (Å²) in [6, 6.07) is 34.0. The van der Waals surface area contributed by atoms with Crippen molar-refractivity contribution in [3.05, 3.63) is 119 Å². The van der Waals surface area contributed by atoms with Crippen molar-refractivity contribution in [2.24, 2.45) is 0 Å². The van der Waals surface area contributed by atoms with Gasteiger partial charge in [-0.3, -0.25) is 0 Å². The van der Waals surface area contributed by atoms with E-state index in [2.05, 4.69) is 126 Å². The van der Waals surface area contributed by atoms with Crippen LogP contribution < -0.4 is 20.7 Å². The van der Waals surface area contributed by atoms with E-state index in [1.54, 1.807) is 0 Å². The molecule has 0 N–H and O–H groups in total. The molecule has 0 spiro atoms. The predicted molar refractivity (Wildman–Crippen MR) is 190 cm³/mol. The van der Waals surface area contributed by atoms with Gasteiger partial charge in [-0.25, -0.2) is 0 Å². The van der Waals surface area contributed by atoms with Gasteiger partial charge in [0.1, 0.15) is 34.5 Å². The van der Waals surface area contributed by atoms with Gasteiger partial charge in [0.05, 0.1) is 6.16 Å². The largest absolute Gasteiger partial charge is 0.487 e. The number of hydrogen-bond acceptors (Lipinski definition) is 1. The molecular weight excluding hydrogens is 539 g/mol. The van der Waals surface area contributed by atoms with E-state index in [4.69, 9.17) is 4.74 Å². The maximum absolute atomic E-state index is 6.77. The highest BCUT2D eigenvalue weighted by atomic mass is 31.2. The van der Waals surface area contributed by atoms with Crippen molar-refractivity contribution in [3.8, 4) is 5.75 Å². The van der Waals surface area contributed by atoms with Gasteiger partial charge in [0.25, 0.3) is 0 Å². The molecule has 1 nitrogen and oxygen atoms in total. The van der Waals surface area contributed by atoms with Gasteiger partial charge < -0.3 is 4.74 Å². The molecular formula is C41H52OP+. The lowest BCUT2D eigenvalue weighted by molar-refractivity contribution is 0.0523. The average molecular weight is 592 g/mol. The van der Waals surface area contributed by atoms with Crippen molar-refractivity contribution in [2.75, 3.05) is 6.16 Å². The van der Waals surface area contributed by atoms with E-state index >= 15 is 0 Å². The Hall–Kier alpha value is -2.89. The second-order valence-corrected chi connectivity index (χ2v) is 16.7. The molecule has 0 radical (unpaired) electrons. The molecule has 0 bridgehead atoms. The van der Waals surface area contributed by atoms with Crippen molar-refractivity contribution in [2.45, 2.75) is 104 Å². The van der Waals surface area contributed by atoms with Crippen molar-refractivity contribution >= 4 is 23.2 Å². The molecule has 5 rings (SSSR count). The molecule has 0 aliphatic carbocycles. The SMILES string of the molecule is Cc1c(C)c(C)c2c(c1C)CCC(C)(CCCCCCCCC[P+](c1ccccc1)(c1ccccc1)c1ccccc1)O2. The molecule has 0 saturated carbocycles. The minimum atomic E-state index is -1.69. The van der Waals surface area contributed by atoms with Gasteiger partial charge in [0.15, 0.2) is 0 Å². The van der Waals surface area contributed by atoms with Gasteiger partial charge in [0.2, 0.25) is 0 Å². The lowest BCUT2D eigenvalue weighted by Gasteiger charge is -2.38. The lowest BCUT2D eigenvalue weighted by atomic mass is 9.83. The zero-order valence-electron chi connectivity index (χ0n) is 27.3. The average Bonchev–Trinajstić information content (AvgIpc) is 3.05. The van der Waals surface area contributed by atoms with Crippen LogP contribution in [0.1, 0.15) is 92.5 Å². The fourth-order valence-corrected chi connectivity index (χ4v) is 11.7. The number of ether oxygens (including phenoxy) is 1. The fourth-order valence-electron chi connectivity index (χ4n) is 7.27. The summed E-state index contributed by atoms with van der Waals surface area (Å²) in [5.74, 6) is 1.19. The van der Waals surface area contributed by atoms with Crippen LogP contribution >= 0.6 is 7.26 Å². The van der Waals surface area contributed by atoms with Crippen molar-refractivity contribution in [3.63, 3.8) is 0 Å². The van der Waals surface area contributed by atoms with E-state index < -0.39 is 7.26 Å². The Morgan fingerprint density at radius 2 is 1.00 bits per heavy atom. The number of hydrogen-bond donors (Lipinski definition) is 0. The molecule has 226 valence electrons. The van der Waals surface area contributed by atoms with Crippen LogP contribution in [0.15, 0.2) is 91.0 Å². The van der Waals surface area contributed by atoms with Crippen molar-refractivity contribution < 1.29 is 4.74 Å². The molecule has 2 heteroatoms. The maximum atomic E-state index is 6.77. The zero-order chi connectivity index (χ0) is 30.3. The molecule has 4 aromatic carbocycles. The zero-order valence-corrected chi connectivity index (χ0v) is 28.2. The number of unbranched alkanes of at least 4 members (excludes halogenated alkanes) is 6. The highest BCUT2D eigenvalue weighted by Crippen LogP contribution is 2.56. The second-order valence-electron chi connectivity index (χ2n) is 13.1. The third-order valence-electron chi connectivity index (χ3n) is 10.3. The van der Waals surface area contributed by atoms with Crippen LogP contribution in [-0.2, 0) is 6.42 Å². The molecule has 1 unspecified atom stereocenters. The Morgan fingerprint density at radius 1 is 0.558 bits per heavy atom. The molecule has 1 aliphatic rings.